The summed E-state index contributed by atoms with van der Waals surface area (Å²) < 4.78 is 11.1. The van der Waals surface area contributed by atoms with Gasteiger partial charge in [-0.2, -0.15) is 12.6 Å². The van der Waals surface area contributed by atoms with Crippen molar-refractivity contribution in [2.75, 3.05) is 25.6 Å². The monoisotopic (exact) mass is 238 g/mol. The van der Waals surface area contributed by atoms with E-state index in [1.54, 1.807) is 0 Å². The molecule has 0 amide bonds. The van der Waals surface area contributed by atoms with E-state index in [0.717, 1.165) is 32.0 Å². The Morgan fingerprint density at radius 3 is 2.81 bits per heavy atom. The van der Waals surface area contributed by atoms with Crippen LogP contribution in [0.5, 0.6) is 0 Å². The molecular weight excluding hydrogens is 220 g/mol. The van der Waals surface area contributed by atoms with Gasteiger partial charge >= 0.3 is 0 Å². The van der Waals surface area contributed by atoms with Crippen LogP contribution in [0.4, 0.5) is 0 Å². The maximum atomic E-state index is 5.84. The fraction of sp³-hybridized carbons (Fsp3) is 0.538. The average Bonchev–Trinajstić information content (AvgIpc) is 2.84. The summed E-state index contributed by atoms with van der Waals surface area (Å²) in [5.41, 5.74) is 1.30. The van der Waals surface area contributed by atoms with Crippen LogP contribution in [0.25, 0.3) is 0 Å². The zero-order valence-electron chi connectivity index (χ0n) is 9.34. The van der Waals surface area contributed by atoms with Crippen LogP contribution in [0.1, 0.15) is 17.9 Å². The molecule has 1 aromatic rings. The van der Waals surface area contributed by atoms with Gasteiger partial charge in [-0.25, -0.2) is 0 Å². The Hall–Kier alpha value is -0.510. The highest BCUT2D eigenvalue weighted by atomic mass is 32.1. The van der Waals surface area contributed by atoms with E-state index in [0.29, 0.717) is 5.92 Å². The molecule has 1 heterocycles. The van der Waals surface area contributed by atoms with E-state index in [4.69, 9.17) is 9.47 Å². The van der Waals surface area contributed by atoms with Crippen LogP contribution in [0.3, 0.4) is 0 Å². The van der Waals surface area contributed by atoms with E-state index in [9.17, 15) is 0 Å². The van der Waals surface area contributed by atoms with Gasteiger partial charge in [-0.15, -0.1) is 0 Å². The van der Waals surface area contributed by atoms with Gasteiger partial charge in [-0.1, -0.05) is 30.3 Å². The van der Waals surface area contributed by atoms with Gasteiger partial charge in [0, 0.05) is 12.5 Å². The average molecular weight is 238 g/mol. The van der Waals surface area contributed by atoms with E-state index in [1.807, 2.05) is 6.07 Å². The Bertz CT molecular complexity index is 296. The molecule has 1 fully saturated rings. The highest BCUT2D eigenvalue weighted by Gasteiger charge is 2.18. The van der Waals surface area contributed by atoms with Crippen LogP contribution in [-0.2, 0) is 9.47 Å². The largest absolute Gasteiger partial charge is 0.379 e. The topological polar surface area (TPSA) is 18.5 Å². The van der Waals surface area contributed by atoms with Crippen LogP contribution >= 0.6 is 12.6 Å². The van der Waals surface area contributed by atoms with Crippen LogP contribution in [0.15, 0.2) is 30.3 Å². The van der Waals surface area contributed by atoms with Crippen molar-refractivity contribution in [2.24, 2.45) is 0 Å². The zero-order valence-corrected chi connectivity index (χ0v) is 10.2. The minimum Gasteiger partial charge on any atom is -0.379 e. The normalized spacial score (nSPS) is 22.2. The predicted octanol–water partition coefficient (Wildman–Crippen LogP) is 2.51. The Morgan fingerprint density at radius 2 is 2.19 bits per heavy atom. The van der Waals surface area contributed by atoms with Crippen molar-refractivity contribution in [3.63, 3.8) is 0 Å². The van der Waals surface area contributed by atoms with Gasteiger partial charge in [-0.05, 0) is 17.7 Å². The molecule has 0 radical (unpaired) electrons. The Morgan fingerprint density at radius 1 is 1.38 bits per heavy atom. The smallest absolute Gasteiger partial charge is 0.0830 e. The maximum absolute atomic E-state index is 5.84. The van der Waals surface area contributed by atoms with Crippen molar-refractivity contribution in [1.82, 2.24) is 0 Å². The second-order valence-corrected chi connectivity index (χ2v) is 4.47. The lowest BCUT2D eigenvalue weighted by atomic mass is 10.0. The SMILES string of the molecule is SCC(COC1CCOC1)c1ccccc1. The second-order valence-electron chi connectivity index (χ2n) is 4.11. The maximum Gasteiger partial charge on any atom is 0.0830 e. The summed E-state index contributed by atoms with van der Waals surface area (Å²) in [6.45, 7) is 2.32. The number of thiol groups is 1. The molecule has 16 heavy (non-hydrogen) atoms. The quantitative estimate of drug-likeness (QED) is 0.795. The van der Waals surface area contributed by atoms with Crippen molar-refractivity contribution >= 4 is 12.6 Å². The lowest BCUT2D eigenvalue weighted by molar-refractivity contribution is 0.0370. The summed E-state index contributed by atoms with van der Waals surface area (Å²) in [5, 5.41) is 0. The fourth-order valence-corrected chi connectivity index (χ4v) is 2.19. The van der Waals surface area contributed by atoms with Gasteiger partial charge in [0.05, 0.1) is 19.3 Å². The first-order valence-electron chi connectivity index (χ1n) is 5.75. The molecule has 88 valence electrons. The fourth-order valence-electron chi connectivity index (χ4n) is 1.88. The molecule has 0 aromatic heterocycles. The number of hydrogen-bond acceptors (Lipinski definition) is 3. The lowest BCUT2D eigenvalue weighted by Gasteiger charge is -2.17. The van der Waals surface area contributed by atoms with Gasteiger partial charge in [-0.3, -0.25) is 0 Å². The van der Waals surface area contributed by atoms with E-state index >= 15 is 0 Å². The molecule has 1 aliphatic rings. The molecule has 2 rings (SSSR count). The van der Waals surface area contributed by atoms with E-state index < -0.39 is 0 Å². The Balaban J connectivity index is 1.85. The number of hydrogen-bond donors (Lipinski definition) is 1. The first-order valence-corrected chi connectivity index (χ1v) is 6.38. The summed E-state index contributed by atoms with van der Waals surface area (Å²) in [6, 6.07) is 10.4. The van der Waals surface area contributed by atoms with Crippen molar-refractivity contribution in [2.45, 2.75) is 18.4 Å². The van der Waals surface area contributed by atoms with E-state index in [2.05, 4.69) is 36.9 Å². The van der Waals surface area contributed by atoms with Crippen molar-refractivity contribution in [3.05, 3.63) is 35.9 Å². The molecular formula is C13H18O2S. The third-order valence-electron chi connectivity index (χ3n) is 2.91. The molecule has 0 bridgehead atoms. The molecule has 0 saturated carbocycles. The standard InChI is InChI=1S/C13H18O2S/c16-10-12(11-4-2-1-3-5-11)8-15-13-6-7-14-9-13/h1-5,12-13,16H,6-10H2. The molecule has 2 atom stereocenters. The highest BCUT2D eigenvalue weighted by molar-refractivity contribution is 7.80. The van der Waals surface area contributed by atoms with Gasteiger partial charge in [0.15, 0.2) is 0 Å². The minimum atomic E-state index is 0.283. The number of rotatable bonds is 5. The Kier molecular flexibility index (Phi) is 4.69. The molecule has 3 heteroatoms. The molecule has 0 spiro atoms. The van der Waals surface area contributed by atoms with Crippen molar-refractivity contribution < 1.29 is 9.47 Å². The molecule has 1 aliphatic heterocycles. The number of ether oxygens (including phenoxy) is 2. The summed E-state index contributed by atoms with van der Waals surface area (Å²) in [7, 11) is 0. The third kappa shape index (κ3) is 3.24. The van der Waals surface area contributed by atoms with Crippen molar-refractivity contribution in [3.8, 4) is 0 Å². The summed E-state index contributed by atoms with van der Waals surface area (Å²) >= 11 is 4.39. The van der Waals surface area contributed by atoms with E-state index in [1.165, 1.54) is 5.56 Å². The first-order chi connectivity index (χ1) is 7.90. The van der Waals surface area contributed by atoms with Gasteiger partial charge < -0.3 is 9.47 Å². The predicted molar refractivity (Wildman–Crippen MR) is 68.2 cm³/mol. The Labute approximate surface area is 102 Å². The number of benzene rings is 1. The second kappa shape index (κ2) is 6.28. The van der Waals surface area contributed by atoms with Crippen LogP contribution in [0.2, 0.25) is 0 Å². The van der Waals surface area contributed by atoms with Crippen LogP contribution in [-0.4, -0.2) is 31.7 Å². The minimum absolute atomic E-state index is 0.283. The molecule has 1 saturated heterocycles. The molecule has 2 unspecified atom stereocenters. The summed E-state index contributed by atoms with van der Waals surface area (Å²) in [6.07, 6.45) is 1.31. The van der Waals surface area contributed by atoms with Gasteiger partial charge in [0.2, 0.25) is 0 Å². The van der Waals surface area contributed by atoms with Crippen molar-refractivity contribution in [1.29, 1.82) is 0 Å². The summed E-state index contributed by atoms with van der Waals surface area (Å²) in [5.74, 6) is 1.20. The lowest BCUT2D eigenvalue weighted by Crippen LogP contribution is -2.18. The first kappa shape index (κ1) is 12.0. The van der Waals surface area contributed by atoms with Crippen LogP contribution in [0, 0.1) is 0 Å². The van der Waals surface area contributed by atoms with E-state index in [-0.39, 0.29) is 6.10 Å². The van der Waals surface area contributed by atoms with Gasteiger partial charge in [0.25, 0.3) is 0 Å². The molecule has 0 N–H and O–H groups in total. The van der Waals surface area contributed by atoms with Crippen LogP contribution < -0.4 is 0 Å². The molecule has 0 aliphatic carbocycles. The summed E-state index contributed by atoms with van der Waals surface area (Å²) in [4.78, 5) is 0. The van der Waals surface area contributed by atoms with Gasteiger partial charge in [0.1, 0.15) is 0 Å². The molecule has 1 aromatic carbocycles. The molecule has 2 nitrogen and oxygen atoms in total. The zero-order chi connectivity index (χ0) is 11.2. The highest BCUT2D eigenvalue weighted by Crippen LogP contribution is 2.19. The third-order valence-corrected chi connectivity index (χ3v) is 3.35.